The van der Waals surface area contributed by atoms with Crippen molar-refractivity contribution < 1.29 is 29.7 Å². The number of benzene rings is 1. The number of aromatic nitrogens is 1. The molecule has 2 aromatic rings. The molecule has 1 aliphatic heterocycles. The van der Waals surface area contributed by atoms with Gasteiger partial charge in [-0.15, -0.1) is 0 Å². The molecule has 8 heteroatoms. The lowest BCUT2D eigenvalue weighted by molar-refractivity contribution is -0.149. The van der Waals surface area contributed by atoms with Gasteiger partial charge in [-0.3, -0.25) is 14.9 Å². The molecule has 1 aromatic heterocycles. The van der Waals surface area contributed by atoms with Crippen LogP contribution < -0.4 is 5.32 Å². The van der Waals surface area contributed by atoms with Crippen molar-refractivity contribution in [3.8, 4) is 0 Å². The first kappa shape index (κ1) is 16.0. The number of carboxylic acid groups (broad SMARTS) is 3. The molecule has 126 valence electrons. The fourth-order valence-corrected chi connectivity index (χ4v) is 3.32. The van der Waals surface area contributed by atoms with Crippen molar-refractivity contribution in [2.45, 2.75) is 30.8 Å². The molecule has 0 radical (unpaired) electrons. The second-order valence-corrected chi connectivity index (χ2v) is 5.87. The van der Waals surface area contributed by atoms with E-state index in [4.69, 9.17) is 5.11 Å². The van der Waals surface area contributed by atoms with E-state index in [1.54, 1.807) is 24.3 Å². The molecule has 3 rings (SSSR count). The van der Waals surface area contributed by atoms with Crippen LogP contribution in [0.5, 0.6) is 0 Å². The second kappa shape index (κ2) is 5.64. The molecule has 2 atom stereocenters. The highest BCUT2D eigenvalue weighted by molar-refractivity contribution is 5.92. The average molecular weight is 332 g/mol. The lowest BCUT2D eigenvalue weighted by Crippen LogP contribution is -2.59. The first-order valence-corrected chi connectivity index (χ1v) is 7.41. The number of hydrogen-bond donors (Lipinski definition) is 5. The van der Waals surface area contributed by atoms with Gasteiger partial charge in [-0.25, -0.2) is 4.79 Å². The Hall–Kier alpha value is -2.87. The summed E-state index contributed by atoms with van der Waals surface area (Å²) >= 11 is 0. The van der Waals surface area contributed by atoms with Crippen LogP contribution in [0.15, 0.2) is 24.3 Å². The average Bonchev–Trinajstić information content (AvgIpc) is 2.91. The van der Waals surface area contributed by atoms with E-state index in [0.717, 1.165) is 5.39 Å². The highest BCUT2D eigenvalue weighted by atomic mass is 16.4. The Labute approximate surface area is 136 Å². The van der Waals surface area contributed by atoms with Gasteiger partial charge in [-0.05, 0) is 18.1 Å². The highest BCUT2D eigenvalue weighted by Gasteiger charge is 2.49. The number of carbonyl (C=O) groups is 3. The van der Waals surface area contributed by atoms with E-state index in [0.29, 0.717) is 16.8 Å². The Bertz CT molecular complexity index is 842. The first-order chi connectivity index (χ1) is 11.3. The molecule has 5 N–H and O–H groups in total. The van der Waals surface area contributed by atoms with Crippen molar-refractivity contribution >= 4 is 28.8 Å². The lowest BCUT2D eigenvalue weighted by atomic mass is 9.80. The van der Waals surface area contributed by atoms with Crippen LogP contribution in [0.1, 0.15) is 24.1 Å². The number of H-pyrrole nitrogens is 1. The zero-order valence-electron chi connectivity index (χ0n) is 12.6. The summed E-state index contributed by atoms with van der Waals surface area (Å²) in [4.78, 5) is 37.5. The maximum atomic E-state index is 12.0. The fraction of sp³-hybridized carbons (Fsp3) is 0.312. The fourth-order valence-electron chi connectivity index (χ4n) is 3.32. The predicted molar refractivity (Wildman–Crippen MR) is 82.7 cm³/mol. The van der Waals surface area contributed by atoms with Gasteiger partial charge in [0, 0.05) is 23.7 Å². The molecular weight excluding hydrogens is 316 g/mol. The number of carboxylic acids is 3. The number of rotatable bonds is 5. The maximum absolute atomic E-state index is 12.0. The third-order valence-electron chi connectivity index (χ3n) is 4.45. The van der Waals surface area contributed by atoms with E-state index in [9.17, 15) is 24.6 Å². The minimum atomic E-state index is -1.78. The van der Waals surface area contributed by atoms with Crippen LogP contribution in [-0.4, -0.2) is 44.3 Å². The predicted octanol–water partition coefficient (Wildman–Crippen LogP) is 0.912. The van der Waals surface area contributed by atoms with E-state index in [2.05, 4.69) is 10.3 Å². The Morgan fingerprint density at radius 2 is 1.88 bits per heavy atom. The van der Waals surface area contributed by atoms with Gasteiger partial charge < -0.3 is 20.3 Å². The number of hydrogen-bond acceptors (Lipinski definition) is 4. The number of aliphatic carboxylic acids is 3. The van der Waals surface area contributed by atoms with Gasteiger partial charge in [-0.2, -0.15) is 0 Å². The molecule has 0 aliphatic carbocycles. The van der Waals surface area contributed by atoms with E-state index in [-0.39, 0.29) is 12.8 Å². The van der Waals surface area contributed by atoms with Crippen molar-refractivity contribution in [3.63, 3.8) is 0 Å². The Morgan fingerprint density at radius 1 is 1.17 bits per heavy atom. The van der Waals surface area contributed by atoms with E-state index < -0.39 is 35.9 Å². The standard InChI is InChI=1S/C16H16N2O6/c19-12(20)5-6-16(15(23)24)13-9(7-11(18-16)14(21)22)8-3-1-2-4-10(8)17-13/h1-4,11,17-18H,5-7H2,(H,19,20)(H,21,22)(H,23,24). The third kappa shape index (κ3) is 2.41. The highest BCUT2D eigenvalue weighted by Crippen LogP contribution is 2.38. The quantitative estimate of drug-likeness (QED) is 0.548. The summed E-state index contributed by atoms with van der Waals surface area (Å²) in [7, 11) is 0. The molecule has 1 aliphatic rings. The van der Waals surface area contributed by atoms with Crippen molar-refractivity contribution in [3.05, 3.63) is 35.5 Å². The van der Waals surface area contributed by atoms with Gasteiger partial charge >= 0.3 is 17.9 Å². The van der Waals surface area contributed by atoms with Crippen molar-refractivity contribution in [2.75, 3.05) is 0 Å². The normalized spacial score (nSPS) is 22.9. The minimum absolute atomic E-state index is 0.122. The molecule has 0 spiro atoms. The number of aromatic amines is 1. The monoisotopic (exact) mass is 332 g/mol. The number of nitrogens with one attached hydrogen (secondary N) is 2. The number of para-hydroxylation sites is 1. The second-order valence-electron chi connectivity index (χ2n) is 5.87. The van der Waals surface area contributed by atoms with Crippen LogP contribution in [0.25, 0.3) is 10.9 Å². The largest absolute Gasteiger partial charge is 0.481 e. The summed E-state index contributed by atoms with van der Waals surface area (Å²) in [5.41, 5.74) is -0.163. The number of fused-ring (bicyclic) bond motifs is 3. The topological polar surface area (TPSA) is 140 Å². The summed E-state index contributed by atoms with van der Waals surface area (Å²) in [6, 6.07) is 6.02. The third-order valence-corrected chi connectivity index (χ3v) is 4.45. The van der Waals surface area contributed by atoms with Crippen LogP contribution in [0.2, 0.25) is 0 Å². The smallest absolute Gasteiger partial charge is 0.330 e. The molecule has 24 heavy (non-hydrogen) atoms. The van der Waals surface area contributed by atoms with E-state index >= 15 is 0 Å². The van der Waals surface area contributed by atoms with Gasteiger partial charge in [-0.1, -0.05) is 18.2 Å². The van der Waals surface area contributed by atoms with Crippen LogP contribution in [-0.2, 0) is 26.3 Å². The molecule has 0 bridgehead atoms. The molecule has 0 saturated heterocycles. The molecule has 0 amide bonds. The van der Waals surface area contributed by atoms with Gasteiger partial charge in [0.1, 0.15) is 6.04 Å². The first-order valence-electron chi connectivity index (χ1n) is 7.41. The van der Waals surface area contributed by atoms with Crippen molar-refractivity contribution in [1.29, 1.82) is 0 Å². The van der Waals surface area contributed by atoms with Gasteiger partial charge in [0.05, 0.1) is 5.69 Å². The Kier molecular flexibility index (Phi) is 3.76. The van der Waals surface area contributed by atoms with Crippen LogP contribution in [0.4, 0.5) is 0 Å². The van der Waals surface area contributed by atoms with Gasteiger partial charge in [0.2, 0.25) is 0 Å². The zero-order valence-corrected chi connectivity index (χ0v) is 12.6. The molecule has 2 unspecified atom stereocenters. The van der Waals surface area contributed by atoms with E-state index in [1.807, 2.05) is 0 Å². The van der Waals surface area contributed by atoms with E-state index in [1.165, 1.54) is 0 Å². The molecule has 1 aromatic carbocycles. The molecule has 2 heterocycles. The zero-order chi connectivity index (χ0) is 17.5. The van der Waals surface area contributed by atoms with Crippen molar-refractivity contribution in [1.82, 2.24) is 10.3 Å². The Morgan fingerprint density at radius 3 is 2.50 bits per heavy atom. The van der Waals surface area contributed by atoms with Crippen LogP contribution >= 0.6 is 0 Å². The van der Waals surface area contributed by atoms with Crippen molar-refractivity contribution in [2.24, 2.45) is 0 Å². The summed E-state index contributed by atoms with van der Waals surface area (Å²) in [5, 5.41) is 31.5. The Balaban J connectivity index is 2.22. The molecular formula is C16H16N2O6. The minimum Gasteiger partial charge on any atom is -0.481 e. The molecule has 8 nitrogen and oxygen atoms in total. The van der Waals surface area contributed by atoms with Gasteiger partial charge in [0.15, 0.2) is 5.54 Å². The summed E-state index contributed by atoms with van der Waals surface area (Å²) < 4.78 is 0. The van der Waals surface area contributed by atoms with Crippen LogP contribution in [0.3, 0.4) is 0 Å². The summed E-state index contributed by atoms with van der Waals surface area (Å²) in [6.45, 7) is 0. The summed E-state index contributed by atoms with van der Waals surface area (Å²) in [6.07, 6.45) is -0.543. The molecule has 0 saturated carbocycles. The van der Waals surface area contributed by atoms with Gasteiger partial charge in [0.25, 0.3) is 0 Å². The summed E-state index contributed by atoms with van der Waals surface area (Å²) in [5.74, 6) is -3.62. The maximum Gasteiger partial charge on any atom is 0.330 e. The van der Waals surface area contributed by atoms with Crippen LogP contribution in [0, 0.1) is 0 Å². The SMILES string of the molecule is O=C(O)CCC1(C(=O)O)NC(C(=O)O)Cc2c1[nH]c1ccccc21. The lowest BCUT2D eigenvalue weighted by Gasteiger charge is -2.37. The molecule has 0 fully saturated rings.